The zero-order valence-electron chi connectivity index (χ0n) is 11.1. The van der Waals surface area contributed by atoms with Crippen molar-refractivity contribution in [1.82, 2.24) is 9.88 Å². The van der Waals surface area contributed by atoms with Crippen LogP contribution in [-0.2, 0) is 13.1 Å². The Morgan fingerprint density at radius 1 is 1.15 bits per heavy atom. The van der Waals surface area contributed by atoms with E-state index >= 15 is 0 Å². The van der Waals surface area contributed by atoms with Gasteiger partial charge in [0.1, 0.15) is 11.6 Å². The molecule has 0 amide bonds. The fraction of sp³-hybridized carbons (Fsp3) is 0.267. The van der Waals surface area contributed by atoms with Gasteiger partial charge in [-0.3, -0.25) is 9.88 Å². The van der Waals surface area contributed by atoms with Crippen LogP contribution in [0.5, 0.6) is 0 Å². The number of halogens is 3. The molecule has 0 aliphatic heterocycles. The van der Waals surface area contributed by atoms with Crippen LogP contribution in [0.2, 0.25) is 0 Å². The van der Waals surface area contributed by atoms with Gasteiger partial charge in [0.05, 0.1) is 10.2 Å². The molecular weight excluding hydrogens is 326 g/mol. The summed E-state index contributed by atoms with van der Waals surface area (Å²) in [6.07, 6.45) is 1.71. The Morgan fingerprint density at radius 2 is 1.95 bits per heavy atom. The Kier molecular flexibility index (Phi) is 5.20. The third kappa shape index (κ3) is 3.61. The number of nitrogens with zero attached hydrogens (tertiary/aromatic N) is 2. The molecular formula is C15H15BrF2N2. The van der Waals surface area contributed by atoms with Crippen molar-refractivity contribution in [1.29, 1.82) is 0 Å². The maximum Gasteiger partial charge on any atom is 0.144 e. The van der Waals surface area contributed by atoms with Gasteiger partial charge < -0.3 is 0 Å². The summed E-state index contributed by atoms with van der Waals surface area (Å²) in [6.45, 7) is 3.41. The molecule has 0 aliphatic carbocycles. The normalized spacial score (nSPS) is 11.1. The van der Waals surface area contributed by atoms with Crippen LogP contribution >= 0.6 is 15.9 Å². The smallest absolute Gasteiger partial charge is 0.144 e. The number of pyridine rings is 1. The van der Waals surface area contributed by atoms with E-state index in [1.165, 1.54) is 12.1 Å². The van der Waals surface area contributed by atoms with Gasteiger partial charge in [0.25, 0.3) is 0 Å². The van der Waals surface area contributed by atoms with Crippen LogP contribution in [0.3, 0.4) is 0 Å². The summed E-state index contributed by atoms with van der Waals surface area (Å²) in [5.74, 6) is -1.06. The van der Waals surface area contributed by atoms with E-state index in [4.69, 9.17) is 0 Å². The molecule has 106 valence electrons. The van der Waals surface area contributed by atoms with E-state index in [2.05, 4.69) is 20.9 Å². The number of hydrogen-bond donors (Lipinski definition) is 0. The molecule has 20 heavy (non-hydrogen) atoms. The van der Waals surface area contributed by atoms with E-state index in [9.17, 15) is 8.78 Å². The van der Waals surface area contributed by atoms with Crippen molar-refractivity contribution in [3.8, 4) is 0 Å². The molecule has 1 heterocycles. The van der Waals surface area contributed by atoms with E-state index in [0.29, 0.717) is 13.1 Å². The molecule has 1 aromatic carbocycles. The minimum absolute atomic E-state index is 0.0807. The third-order valence-electron chi connectivity index (χ3n) is 3.08. The van der Waals surface area contributed by atoms with Crippen LogP contribution in [0.15, 0.2) is 41.0 Å². The summed E-state index contributed by atoms with van der Waals surface area (Å²) in [7, 11) is 0. The van der Waals surface area contributed by atoms with Gasteiger partial charge in [-0.05, 0) is 46.7 Å². The van der Waals surface area contributed by atoms with Crippen LogP contribution in [0.1, 0.15) is 18.2 Å². The maximum absolute atomic E-state index is 14.0. The molecule has 0 spiro atoms. The Balaban J connectivity index is 2.17. The Hall–Kier alpha value is -1.33. The van der Waals surface area contributed by atoms with E-state index in [1.807, 2.05) is 30.0 Å². The van der Waals surface area contributed by atoms with E-state index in [0.717, 1.165) is 5.69 Å². The Labute approximate surface area is 125 Å². The lowest BCUT2D eigenvalue weighted by atomic mass is 10.1. The zero-order chi connectivity index (χ0) is 14.5. The van der Waals surface area contributed by atoms with Gasteiger partial charge in [-0.25, -0.2) is 8.78 Å². The van der Waals surface area contributed by atoms with E-state index in [-0.39, 0.29) is 16.6 Å². The fourth-order valence-corrected chi connectivity index (χ4v) is 2.31. The lowest BCUT2D eigenvalue weighted by Crippen LogP contribution is -2.24. The standard InChI is InChI=1S/C15H15BrF2N2/c1-2-20(9-11-5-3-4-8-19-11)10-12-14(17)7-6-13(16)15(12)18/h3-8H,2,9-10H2,1H3. The first-order valence-corrected chi connectivity index (χ1v) is 7.15. The lowest BCUT2D eigenvalue weighted by Gasteiger charge is -2.21. The SMILES string of the molecule is CCN(Cc1ccccn1)Cc1c(F)ccc(Br)c1F. The molecule has 0 unspecified atom stereocenters. The summed E-state index contributed by atoms with van der Waals surface area (Å²) in [4.78, 5) is 6.17. The molecule has 0 radical (unpaired) electrons. The molecule has 1 aromatic heterocycles. The van der Waals surface area contributed by atoms with Crippen molar-refractivity contribution in [3.05, 3.63) is 63.9 Å². The van der Waals surface area contributed by atoms with Crippen molar-refractivity contribution in [2.24, 2.45) is 0 Å². The minimum Gasteiger partial charge on any atom is -0.293 e. The third-order valence-corrected chi connectivity index (χ3v) is 3.69. The van der Waals surface area contributed by atoms with Crippen LogP contribution in [-0.4, -0.2) is 16.4 Å². The van der Waals surface area contributed by atoms with Crippen molar-refractivity contribution in [2.75, 3.05) is 6.54 Å². The lowest BCUT2D eigenvalue weighted by molar-refractivity contribution is 0.259. The zero-order valence-corrected chi connectivity index (χ0v) is 12.7. The predicted molar refractivity (Wildman–Crippen MR) is 78.1 cm³/mol. The average Bonchev–Trinajstić information content (AvgIpc) is 2.47. The summed E-state index contributed by atoms with van der Waals surface area (Å²) in [5, 5.41) is 0. The van der Waals surface area contributed by atoms with Gasteiger partial charge in [-0.2, -0.15) is 0 Å². The van der Waals surface area contributed by atoms with E-state index < -0.39 is 11.6 Å². The molecule has 0 saturated carbocycles. The summed E-state index contributed by atoms with van der Waals surface area (Å²) >= 11 is 3.09. The quantitative estimate of drug-likeness (QED) is 0.760. The average molecular weight is 341 g/mol. The first-order valence-electron chi connectivity index (χ1n) is 6.36. The number of benzene rings is 1. The molecule has 2 nitrogen and oxygen atoms in total. The second-order valence-electron chi connectivity index (χ2n) is 4.45. The monoisotopic (exact) mass is 340 g/mol. The highest BCUT2D eigenvalue weighted by atomic mass is 79.9. The van der Waals surface area contributed by atoms with Crippen molar-refractivity contribution in [2.45, 2.75) is 20.0 Å². The van der Waals surface area contributed by atoms with Gasteiger partial charge in [-0.15, -0.1) is 0 Å². The van der Waals surface area contributed by atoms with Gasteiger partial charge in [-0.1, -0.05) is 13.0 Å². The molecule has 0 saturated heterocycles. The van der Waals surface area contributed by atoms with Crippen LogP contribution < -0.4 is 0 Å². The fourth-order valence-electron chi connectivity index (χ4n) is 1.94. The van der Waals surface area contributed by atoms with Crippen LogP contribution in [0, 0.1) is 11.6 Å². The highest BCUT2D eigenvalue weighted by molar-refractivity contribution is 9.10. The molecule has 2 rings (SSSR count). The second-order valence-corrected chi connectivity index (χ2v) is 5.30. The first kappa shape index (κ1) is 15.1. The summed E-state index contributed by atoms with van der Waals surface area (Å²) < 4.78 is 28.0. The molecule has 0 atom stereocenters. The minimum atomic E-state index is -0.538. The van der Waals surface area contributed by atoms with Crippen LogP contribution in [0.4, 0.5) is 8.78 Å². The van der Waals surface area contributed by atoms with Crippen LogP contribution in [0.25, 0.3) is 0 Å². The van der Waals surface area contributed by atoms with Crippen molar-refractivity contribution < 1.29 is 8.78 Å². The first-order chi connectivity index (χ1) is 9.61. The topological polar surface area (TPSA) is 16.1 Å². The molecule has 0 bridgehead atoms. The summed E-state index contributed by atoms with van der Waals surface area (Å²) in [6, 6.07) is 8.29. The van der Waals surface area contributed by atoms with Gasteiger partial charge >= 0.3 is 0 Å². The Bertz CT molecular complexity index is 576. The van der Waals surface area contributed by atoms with Gasteiger partial charge in [0, 0.05) is 24.8 Å². The number of aromatic nitrogens is 1. The maximum atomic E-state index is 14.0. The molecule has 5 heteroatoms. The molecule has 0 fully saturated rings. The highest BCUT2D eigenvalue weighted by Crippen LogP contribution is 2.23. The van der Waals surface area contributed by atoms with Crippen molar-refractivity contribution in [3.63, 3.8) is 0 Å². The molecule has 0 aliphatic rings. The molecule has 2 aromatic rings. The van der Waals surface area contributed by atoms with Gasteiger partial charge in [0.2, 0.25) is 0 Å². The second kappa shape index (κ2) is 6.90. The highest BCUT2D eigenvalue weighted by Gasteiger charge is 2.15. The largest absolute Gasteiger partial charge is 0.293 e. The van der Waals surface area contributed by atoms with Crippen molar-refractivity contribution >= 4 is 15.9 Å². The number of rotatable bonds is 5. The van der Waals surface area contributed by atoms with Gasteiger partial charge in [0.15, 0.2) is 0 Å². The number of hydrogen-bond acceptors (Lipinski definition) is 2. The molecule has 0 N–H and O–H groups in total. The predicted octanol–water partition coefficient (Wildman–Crippen LogP) is 4.14. The van der Waals surface area contributed by atoms with E-state index in [1.54, 1.807) is 6.20 Å². The summed E-state index contributed by atoms with van der Waals surface area (Å²) in [5.41, 5.74) is 0.960. The Morgan fingerprint density at radius 3 is 2.60 bits per heavy atom.